The lowest BCUT2D eigenvalue weighted by molar-refractivity contribution is -0.0259. The van der Waals surface area contributed by atoms with Crippen molar-refractivity contribution in [3.8, 4) is 5.69 Å². The SMILES string of the molecule is Cc1nc([C@@H]2O[C@H](CO)[C@@H](O)[C@H]2O)n(-c2c(Cl)cc(Cl)cc2Cl)n1. The number of benzene rings is 1. The molecule has 0 unspecified atom stereocenters. The minimum absolute atomic E-state index is 0.209. The van der Waals surface area contributed by atoms with Crippen LogP contribution in [0.3, 0.4) is 0 Å². The predicted octanol–water partition coefficient (Wildman–Crippen LogP) is 1.69. The molecule has 0 bridgehead atoms. The zero-order valence-corrected chi connectivity index (χ0v) is 14.7. The molecule has 1 aliphatic rings. The summed E-state index contributed by atoms with van der Waals surface area (Å²) in [7, 11) is 0. The minimum Gasteiger partial charge on any atom is -0.394 e. The molecule has 7 nitrogen and oxygen atoms in total. The Labute approximate surface area is 152 Å². The van der Waals surface area contributed by atoms with Gasteiger partial charge in [-0.15, -0.1) is 0 Å². The zero-order valence-electron chi connectivity index (χ0n) is 12.4. The van der Waals surface area contributed by atoms with Gasteiger partial charge < -0.3 is 20.1 Å². The molecule has 0 saturated carbocycles. The van der Waals surface area contributed by atoms with Crippen LogP contribution in [0.1, 0.15) is 17.8 Å². The molecular weight excluding hydrogens is 381 g/mol. The van der Waals surface area contributed by atoms with E-state index in [-0.39, 0.29) is 15.9 Å². The lowest BCUT2D eigenvalue weighted by Gasteiger charge is -2.16. The molecule has 1 fully saturated rings. The van der Waals surface area contributed by atoms with Crippen LogP contribution in [0.5, 0.6) is 0 Å². The molecule has 3 rings (SSSR count). The number of aliphatic hydroxyl groups is 3. The first-order chi connectivity index (χ1) is 11.3. The summed E-state index contributed by atoms with van der Waals surface area (Å²) in [6.45, 7) is 1.21. The Hall–Kier alpha value is -0.930. The Morgan fingerprint density at radius 2 is 1.79 bits per heavy atom. The summed E-state index contributed by atoms with van der Waals surface area (Å²) in [5.41, 5.74) is 0.330. The van der Waals surface area contributed by atoms with Crippen molar-refractivity contribution in [1.82, 2.24) is 14.8 Å². The van der Waals surface area contributed by atoms with Crippen LogP contribution >= 0.6 is 34.8 Å². The zero-order chi connectivity index (χ0) is 17.6. The Bertz CT molecular complexity index is 747. The topological polar surface area (TPSA) is 101 Å². The third-order valence-electron chi connectivity index (χ3n) is 3.73. The van der Waals surface area contributed by atoms with Crippen molar-refractivity contribution in [1.29, 1.82) is 0 Å². The van der Waals surface area contributed by atoms with E-state index in [4.69, 9.17) is 39.5 Å². The van der Waals surface area contributed by atoms with E-state index < -0.39 is 31.0 Å². The van der Waals surface area contributed by atoms with Crippen molar-refractivity contribution in [2.75, 3.05) is 6.61 Å². The Morgan fingerprint density at radius 1 is 1.17 bits per heavy atom. The molecule has 2 heterocycles. The summed E-state index contributed by atoms with van der Waals surface area (Å²) in [6, 6.07) is 3.00. The number of ether oxygens (including phenoxy) is 1. The first kappa shape index (κ1) is 17.9. The largest absolute Gasteiger partial charge is 0.394 e. The van der Waals surface area contributed by atoms with Gasteiger partial charge in [0.1, 0.15) is 35.9 Å². The van der Waals surface area contributed by atoms with Gasteiger partial charge in [0.2, 0.25) is 0 Å². The molecule has 3 N–H and O–H groups in total. The summed E-state index contributed by atoms with van der Waals surface area (Å²) in [5.74, 6) is 0.603. The summed E-state index contributed by atoms with van der Waals surface area (Å²) in [6.07, 6.45) is -4.45. The normalized spacial score (nSPS) is 27.0. The van der Waals surface area contributed by atoms with Crippen molar-refractivity contribution in [2.24, 2.45) is 0 Å². The van der Waals surface area contributed by atoms with Crippen LogP contribution in [0, 0.1) is 6.92 Å². The van der Waals surface area contributed by atoms with Crippen LogP contribution in [-0.2, 0) is 4.74 Å². The Morgan fingerprint density at radius 3 is 2.33 bits per heavy atom. The third kappa shape index (κ3) is 3.01. The lowest BCUT2D eigenvalue weighted by Crippen LogP contribution is -2.32. The quantitative estimate of drug-likeness (QED) is 0.732. The molecule has 4 atom stereocenters. The van der Waals surface area contributed by atoms with Crippen molar-refractivity contribution in [3.05, 3.63) is 38.8 Å². The second kappa shape index (κ2) is 6.76. The number of aryl methyl sites for hydroxylation is 1. The Balaban J connectivity index is 2.10. The molecule has 0 radical (unpaired) electrons. The minimum atomic E-state index is -1.28. The predicted molar refractivity (Wildman–Crippen MR) is 87.8 cm³/mol. The highest BCUT2D eigenvalue weighted by atomic mass is 35.5. The van der Waals surface area contributed by atoms with E-state index >= 15 is 0 Å². The smallest absolute Gasteiger partial charge is 0.164 e. The van der Waals surface area contributed by atoms with Gasteiger partial charge in [-0.25, -0.2) is 9.67 Å². The maximum absolute atomic E-state index is 10.2. The van der Waals surface area contributed by atoms with Gasteiger partial charge in [0.15, 0.2) is 5.82 Å². The standard InChI is InChI=1S/C14H14Cl3N3O4/c1-5-18-14(13-12(23)11(22)9(4-21)24-13)20(19-5)10-7(16)2-6(15)3-8(10)17/h2-3,9,11-13,21-23H,4H2,1H3/t9-,11-,12-,13-/m1/s1. The number of aliphatic hydroxyl groups excluding tert-OH is 3. The molecule has 1 aromatic heterocycles. The molecule has 10 heteroatoms. The second-order valence-corrected chi connectivity index (χ2v) is 6.66. The average molecular weight is 395 g/mol. The van der Waals surface area contributed by atoms with Crippen LogP contribution in [0.25, 0.3) is 5.69 Å². The summed E-state index contributed by atoms with van der Waals surface area (Å²) < 4.78 is 6.86. The van der Waals surface area contributed by atoms with Gasteiger partial charge in [0, 0.05) is 5.02 Å². The number of rotatable bonds is 3. The highest BCUT2D eigenvalue weighted by Gasteiger charge is 2.45. The van der Waals surface area contributed by atoms with Crippen LogP contribution in [0.2, 0.25) is 15.1 Å². The average Bonchev–Trinajstić information content (AvgIpc) is 3.00. The Kier molecular flexibility index (Phi) is 5.04. The number of hydrogen-bond donors (Lipinski definition) is 3. The van der Waals surface area contributed by atoms with Crippen LogP contribution in [0.15, 0.2) is 12.1 Å². The van der Waals surface area contributed by atoms with Crippen molar-refractivity contribution in [3.63, 3.8) is 0 Å². The monoisotopic (exact) mass is 393 g/mol. The molecule has 1 saturated heterocycles. The van der Waals surface area contributed by atoms with Gasteiger partial charge >= 0.3 is 0 Å². The summed E-state index contributed by atoms with van der Waals surface area (Å²) in [5, 5.41) is 34.5. The maximum Gasteiger partial charge on any atom is 0.164 e. The molecule has 1 aromatic carbocycles. The van der Waals surface area contributed by atoms with Crippen molar-refractivity contribution in [2.45, 2.75) is 31.3 Å². The van der Waals surface area contributed by atoms with Crippen molar-refractivity contribution < 1.29 is 20.1 Å². The van der Waals surface area contributed by atoms with Crippen LogP contribution in [-0.4, -0.2) is 55.0 Å². The fraction of sp³-hybridized carbons (Fsp3) is 0.429. The van der Waals surface area contributed by atoms with E-state index in [1.165, 1.54) is 16.8 Å². The molecule has 130 valence electrons. The second-order valence-electron chi connectivity index (χ2n) is 5.41. The molecule has 0 amide bonds. The van der Waals surface area contributed by atoms with E-state index in [0.717, 1.165) is 0 Å². The fourth-order valence-electron chi connectivity index (χ4n) is 2.63. The first-order valence-corrected chi connectivity index (χ1v) is 8.17. The summed E-state index contributed by atoms with van der Waals surface area (Å²) >= 11 is 18.4. The molecule has 1 aliphatic heterocycles. The van der Waals surface area contributed by atoms with Crippen LogP contribution < -0.4 is 0 Å². The number of nitrogens with zero attached hydrogens (tertiary/aromatic N) is 3. The van der Waals surface area contributed by atoms with Gasteiger partial charge in [-0.3, -0.25) is 0 Å². The van der Waals surface area contributed by atoms with Gasteiger partial charge in [-0.05, 0) is 19.1 Å². The molecule has 24 heavy (non-hydrogen) atoms. The van der Waals surface area contributed by atoms with Gasteiger partial charge in [0.05, 0.1) is 16.7 Å². The van der Waals surface area contributed by atoms with E-state index in [1.54, 1.807) is 6.92 Å². The van der Waals surface area contributed by atoms with Crippen LogP contribution in [0.4, 0.5) is 0 Å². The van der Waals surface area contributed by atoms with Crippen molar-refractivity contribution >= 4 is 34.8 Å². The summed E-state index contributed by atoms with van der Waals surface area (Å²) in [4.78, 5) is 4.25. The number of aromatic nitrogens is 3. The van der Waals surface area contributed by atoms with E-state index in [2.05, 4.69) is 10.1 Å². The molecule has 2 aromatic rings. The number of halogens is 3. The fourth-order valence-corrected chi connectivity index (χ4v) is 3.61. The van der Waals surface area contributed by atoms with E-state index in [1.807, 2.05) is 0 Å². The van der Waals surface area contributed by atoms with E-state index in [9.17, 15) is 15.3 Å². The lowest BCUT2D eigenvalue weighted by atomic mass is 10.1. The van der Waals surface area contributed by atoms with Gasteiger partial charge in [0.25, 0.3) is 0 Å². The maximum atomic E-state index is 10.2. The molecular formula is C14H14Cl3N3O4. The highest BCUT2D eigenvalue weighted by Crippen LogP contribution is 2.37. The van der Waals surface area contributed by atoms with Gasteiger partial charge in [-0.2, -0.15) is 5.10 Å². The van der Waals surface area contributed by atoms with Gasteiger partial charge in [-0.1, -0.05) is 34.8 Å². The first-order valence-electron chi connectivity index (χ1n) is 7.04. The molecule has 0 spiro atoms. The number of hydrogen-bond acceptors (Lipinski definition) is 6. The third-order valence-corrected chi connectivity index (χ3v) is 4.52. The molecule has 0 aliphatic carbocycles. The highest BCUT2D eigenvalue weighted by molar-refractivity contribution is 6.40. The van der Waals surface area contributed by atoms with E-state index in [0.29, 0.717) is 16.5 Å².